The van der Waals surface area contributed by atoms with Crippen LogP contribution in [0.15, 0.2) is 58.2 Å². The summed E-state index contributed by atoms with van der Waals surface area (Å²) in [5.41, 5.74) is 7.78. The monoisotopic (exact) mass is 364 g/mol. The van der Waals surface area contributed by atoms with Crippen LogP contribution < -0.4 is 10.7 Å². The molecular formula is C21H24N4O2. The molecule has 0 atom stereocenters. The van der Waals surface area contributed by atoms with Gasteiger partial charge in [0.1, 0.15) is 5.76 Å². The fourth-order valence-corrected chi connectivity index (χ4v) is 2.83. The molecule has 0 aliphatic rings. The largest absolute Gasteiger partial charge is 0.467 e. The van der Waals surface area contributed by atoms with Crippen LogP contribution in [-0.2, 0) is 11.3 Å². The Balaban J connectivity index is 1.54. The predicted octanol–water partition coefficient (Wildman–Crippen LogP) is 3.62. The zero-order chi connectivity index (χ0) is 19.2. The second-order valence-electron chi connectivity index (χ2n) is 6.50. The fraction of sp³-hybridized carbons (Fsp3) is 0.238. The van der Waals surface area contributed by atoms with Gasteiger partial charge >= 0.3 is 0 Å². The first-order valence-corrected chi connectivity index (χ1v) is 8.84. The molecule has 0 saturated carbocycles. The van der Waals surface area contributed by atoms with Gasteiger partial charge in [-0.1, -0.05) is 17.7 Å². The van der Waals surface area contributed by atoms with Crippen molar-refractivity contribution in [2.75, 3.05) is 11.9 Å². The SMILES string of the molecule is Cc1ccc(NCC(=O)N/N=C\c2cc(C)n(Cc3ccco3)c2C)cc1. The zero-order valence-corrected chi connectivity index (χ0v) is 15.8. The second kappa shape index (κ2) is 8.40. The lowest BCUT2D eigenvalue weighted by Crippen LogP contribution is -2.25. The van der Waals surface area contributed by atoms with E-state index in [4.69, 9.17) is 4.42 Å². The van der Waals surface area contributed by atoms with Crippen LogP contribution in [0.25, 0.3) is 0 Å². The van der Waals surface area contributed by atoms with Gasteiger partial charge in [0, 0.05) is 22.6 Å². The lowest BCUT2D eigenvalue weighted by atomic mass is 10.2. The van der Waals surface area contributed by atoms with Crippen molar-refractivity contribution in [3.63, 3.8) is 0 Å². The molecule has 0 bridgehead atoms. The number of carbonyl (C=O) groups excluding carboxylic acids is 1. The minimum absolute atomic E-state index is 0.165. The van der Waals surface area contributed by atoms with Gasteiger partial charge in [0.15, 0.2) is 0 Å². The van der Waals surface area contributed by atoms with Crippen molar-refractivity contribution in [2.24, 2.45) is 5.10 Å². The first-order chi connectivity index (χ1) is 13.0. The summed E-state index contributed by atoms with van der Waals surface area (Å²) in [6.45, 7) is 6.93. The van der Waals surface area contributed by atoms with E-state index >= 15 is 0 Å². The topological polar surface area (TPSA) is 71.6 Å². The first kappa shape index (κ1) is 18.5. The maximum Gasteiger partial charge on any atom is 0.259 e. The van der Waals surface area contributed by atoms with E-state index < -0.39 is 0 Å². The Morgan fingerprint density at radius 2 is 1.96 bits per heavy atom. The molecule has 0 aliphatic carbocycles. The van der Waals surface area contributed by atoms with Crippen molar-refractivity contribution in [3.05, 3.63) is 77.0 Å². The van der Waals surface area contributed by atoms with Crippen LogP contribution in [0.4, 0.5) is 5.69 Å². The molecule has 0 radical (unpaired) electrons. The molecule has 0 aliphatic heterocycles. The van der Waals surface area contributed by atoms with E-state index in [0.29, 0.717) is 6.54 Å². The van der Waals surface area contributed by atoms with Gasteiger partial charge in [0.25, 0.3) is 5.91 Å². The van der Waals surface area contributed by atoms with E-state index in [1.807, 2.05) is 63.2 Å². The number of amides is 1. The second-order valence-corrected chi connectivity index (χ2v) is 6.50. The van der Waals surface area contributed by atoms with Gasteiger partial charge in [0.05, 0.1) is 25.6 Å². The van der Waals surface area contributed by atoms with Gasteiger partial charge in [-0.25, -0.2) is 5.43 Å². The molecule has 0 unspecified atom stereocenters. The Morgan fingerprint density at radius 3 is 2.67 bits per heavy atom. The number of nitrogens with zero attached hydrogens (tertiary/aromatic N) is 2. The summed E-state index contributed by atoms with van der Waals surface area (Å²) in [7, 11) is 0. The van der Waals surface area contributed by atoms with Crippen molar-refractivity contribution in [1.29, 1.82) is 0 Å². The fourth-order valence-electron chi connectivity index (χ4n) is 2.83. The normalized spacial score (nSPS) is 11.1. The van der Waals surface area contributed by atoms with Crippen LogP contribution in [0, 0.1) is 20.8 Å². The summed E-state index contributed by atoms with van der Waals surface area (Å²) >= 11 is 0. The molecule has 27 heavy (non-hydrogen) atoms. The first-order valence-electron chi connectivity index (χ1n) is 8.84. The van der Waals surface area contributed by atoms with E-state index in [9.17, 15) is 4.79 Å². The third kappa shape index (κ3) is 4.88. The van der Waals surface area contributed by atoms with E-state index in [-0.39, 0.29) is 12.5 Å². The van der Waals surface area contributed by atoms with Crippen molar-refractivity contribution in [3.8, 4) is 0 Å². The number of carbonyl (C=O) groups is 1. The highest BCUT2D eigenvalue weighted by atomic mass is 16.3. The van der Waals surface area contributed by atoms with Crippen LogP contribution in [0.1, 0.15) is 28.3 Å². The molecule has 3 rings (SSSR count). The third-order valence-corrected chi connectivity index (χ3v) is 4.40. The van der Waals surface area contributed by atoms with E-state index in [2.05, 4.69) is 20.4 Å². The molecule has 3 aromatic rings. The number of hydrogen-bond donors (Lipinski definition) is 2. The standard InChI is InChI=1S/C21H24N4O2/c1-15-6-8-19(9-7-15)22-13-21(26)24-23-12-18-11-16(2)25(17(18)3)14-20-5-4-10-27-20/h4-12,22H,13-14H2,1-3H3,(H,24,26)/b23-12-. The van der Waals surface area contributed by atoms with Crippen molar-refractivity contribution < 1.29 is 9.21 Å². The van der Waals surface area contributed by atoms with Crippen molar-refractivity contribution in [1.82, 2.24) is 9.99 Å². The third-order valence-electron chi connectivity index (χ3n) is 4.40. The number of benzene rings is 1. The number of furan rings is 1. The van der Waals surface area contributed by atoms with E-state index in [1.165, 1.54) is 5.56 Å². The number of nitrogens with one attached hydrogen (secondary N) is 2. The number of anilines is 1. The van der Waals surface area contributed by atoms with Gasteiger partial charge in [-0.15, -0.1) is 0 Å². The molecule has 2 aromatic heterocycles. The Bertz CT molecular complexity index is 922. The number of hydrazone groups is 1. The van der Waals surface area contributed by atoms with Crippen LogP contribution in [0.2, 0.25) is 0 Å². The predicted molar refractivity (Wildman–Crippen MR) is 107 cm³/mol. The maximum atomic E-state index is 11.9. The summed E-state index contributed by atoms with van der Waals surface area (Å²) in [5.74, 6) is 0.701. The summed E-state index contributed by atoms with van der Waals surface area (Å²) in [6, 6.07) is 13.8. The Kier molecular flexibility index (Phi) is 5.76. The number of hydrogen-bond acceptors (Lipinski definition) is 4. The minimum Gasteiger partial charge on any atom is -0.467 e. The lowest BCUT2D eigenvalue weighted by Gasteiger charge is -2.07. The molecule has 140 valence electrons. The number of rotatable bonds is 7. The summed E-state index contributed by atoms with van der Waals surface area (Å²) < 4.78 is 7.57. The van der Waals surface area contributed by atoms with Gasteiger partial charge in [-0.05, 0) is 51.1 Å². The molecule has 0 spiro atoms. The van der Waals surface area contributed by atoms with E-state index in [0.717, 1.165) is 28.4 Å². The van der Waals surface area contributed by atoms with Gasteiger partial charge < -0.3 is 14.3 Å². The zero-order valence-electron chi connectivity index (χ0n) is 15.8. The quantitative estimate of drug-likeness (QED) is 0.497. The van der Waals surface area contributed by atoms with Gasteiger partial charge in [-0.2, -0.15) is 5.10 Å². The molecule has 6 nitrogen and oxygen atoms in total. The number of aryl methyl sites for hydroxylation is 2. The van der Waals surface area contributed by atoms with Crippen LogP contribution in [0.3, 0.4) is 0 Å². The molecule has 6 heteroatoms. The molecule has 2 N–H and O–H groups in total. The molecular weight excluding hydrogens is 340 g/mol. The molecule has 0 saturated heterocycles. The van der Waals surface area contributed by atoms with Crippen LogP contribution >= 0.6 is 0 Å². The molecule has 1 amide bonds. The Hall–Kier alpha value is -3.28. The van der Waals surface area contributed by atoms with Crippen LogP contribution in [0.5, 0.6) is 0 Å². The molecule has 2 heterocycles. The molecule has 1 aromatic carbocycles. The minimum atomic E-state index is -0.198. The molecule has 0 fully saturated rings. The average molecular weight is 364 g/mol. The smallest absolute Gasteiger partial charge is 0.259 e. The highest BCUT2D eigenvalue weighted by molar-refractivity contribution is 5.85. The summed E-state index contributed by atoms with van der Waals surface area (Å²) in [5, 5.41) is 7.15. The highest BCUT2D eigenvalue weighted by Gasteiger charge is 2.09. The van der Waals surface area contributed by atoms with E-state index in [1.54, 1.807) is 12.5 Å². The van der Waals surface area contributed by atoms with Gasteiger partial charge in [-0.3, -0.25) is 4.79 Å². The van der Waals surface area contributed by atoms with Crippen molar-refractivity contribution in [2.45, 2.75) is 27.3 Å². The van der Waals surface area contributed by atoms with Crippen molar-refractivity contribution >= 4 is 17.8 Å². The summed E-state index contributed by atoms with van der Waals surface area (Å²) in [4.78, 5) is 11.9. The van der Waals surface area contributed by atoms with Crippen LogP contribution in [-0.4, -0.2) is 23.2 Å². The summed E-state index contributed by atoms with van der Waals surface area (Å²) in [6.07, 6.45) is 3.34. The number of aromatic nitrogens is 1. The highest BCUT2D eigenvalue weighted by Crippen LogP contribution is 2.16. The lowest BCUT2D eigenvalue weighted by molar-refractivity contribution is -0.119. The Morgan fingerprint density at radius 1 is 1.19 bits per heavy atom. The van der Waals surface area contributed by atoms with Gasteiger partial charge in [0.2, 0.25) is 0 Å². The Labute approximate surface area is 158 Å². The average Bonchev–Trinajstić information content (AvgIpc) is 3.25. The maximum absolute atomic E-state index is 11.9.